The number of ether oxygens (including phenoxy) is 2. The molecule has 3 aromatic rings. The highest BCUT2D eigenvalue weighted by Gasteiger charge is 2.38. The zero-order valence-electron chi connectivity index (χ0n) is 19.3. The molecule has 1 aromatic heterocycles. The van der Waals surface area contributed by atoms with Crippen molar-refractivity contribution < 1.29 is 19.1 Å². The van der Waals surface area contributed by atoms with E-state index in [1.807, 2.05) is 30.3 Å². The van der Waals surface area contributed by atoms with Crippen LogP contribution < -0.4 is 15.4 Å². The average Bonchev–Trinajstić information content (AvgIpc) is 3.41. The van der Waals surface area contributed by atoms with Crippen LogP contribution in [0.2, 0.25) is 0 Å². The second-order valence-electron chi connectivity index (χ2n) is 8.52. The first-order chi connectivity index (χ1) is 16.6. The van der Waals surface area contributed by atoms with Gasteiger partial charge in [-0.05, 0) is 43.4 Å². The summed E-state index contributed by atoms with van der Waals surface area (Å²) in [6.45, 7) is 0.785. The van der Waals surface area contributed by atoms with Gasteiger partial charge in [-0.25, -0.2) is 9.78 Å². The van der Waals surface area contributed by atoms with Crippen molar-refractivity contribution in [1.82, 2.24) is 20.6 Å². The van der Waals surface area contributed by atoms with Crippen LogP contribution in [0.5, 0.6) is 5.75 Å². The van der Waals surface area contributed by atoms with Crippen LogP contribution in [-0.4, -0.2) is 41.7 Å². The van der Waals surface area contributed by atoms with E-state index in [2.05, 4.69) is 32.7 Å². The van der Waals surface area contributed by atoms with Gasteiger partial charge >= 0.3 is 6.09 Å². The molecule has 8 nitrogen and oxygen atoms in total. The van der Waals surface area contributed by atoms with Gasteiger partial charge in [0, 0.05) is 24.4 Å². The van der Waals surface area contributed by atoms with Crippen LogP contribution >= 0.6 is 0 Å². The maximum absolute atomic E-state index is 12.9. The van der Waals surface area contributed by atoms with Crippen LogP contribution in [0.3, 0.4) is 0 Å². The Balaban J connectivity index is 1.38. The van der Waals surface area contributed by atoms with Crippen molar-refractivity contribution >= 4 is 12.0 Å². The number of hydrogen-bond donors (Lipinski definition) is 3. The first-order valence-corrected chi connectivity index (χ1v) is 11.5. The van der Waals surface area contributed by atoms with Gasteiger partial charge in [-0.3, -0.25) is 4.79 Å². The van der Waals surface area contributed by atoms with E-state index in [-0.39, 0.29) is 17.4 Å². The second kappa shape index (κ2) is 10.9. The molecule has 2 amide bonds. The predicted octanol–water partition coefficient (Wildman–Crippen LogP) is 3.96. The third kappa shape index (κ3) is 5.57. The molecule has 1 aliphatic rings. The number of hydrogen-bond acceptors (Lipinski definition) is 5. The number of nitrogens with one attached hydrogen (secondary N) is 3. The van der Waals surface area contributed by atoms with Gasteiger partial charge in [0.2, 0.25) is 0 Å². The molecule has 0 spiro atoms. The number of imidazole rings is 1. The highest BCUT2D eigenvalue weighted by atomic mass is 16.6. The van der Waals surface area contributed by atoms with E-state index >= 15 is 0 Å². The summed E-state index contributed by atoms with van der Waals surface area (Å²) in [5.74, 6) is 1.06. The van der Waals surface area contributed by atoms with Crippen molar-refractivity contribution in [3.05, 3.63) is 83.9 Å². The number of H-pyrrole nitrogens is 1. The number of rotatable bonds is 8. The van der Waals surface area contributed by atoms with E-state index in [9.17, 15) is 9.59 Å². The number of alkyl carbamates (subject to hydrolysis) is 1. The van der Waals surface area contributed by atoms with Gasteiger partial charge in [-0.15, -0.1) is 0 Å². The van der Waals surface area contributed by atoms with E-state index in [1.165, 1.54) is 5.56 Å². The van der Waals surface area contributed by atoms with Gasteiger partial charge in [-0.1, -0.05) is 42.5 Å². The standard InChI is InChI=1S/C26H30N4O4/c1-33-22-10-6-5-9-21(22)24(31)30-18-26(19-7-3-2-4-8-19)13-11-20(12-14-26)34-25(32)29-17-23-27-15-16-28-23/h2-10,15-16,20H,11-14,17-18H2,1H3,(H,27,28)(H,29,32)(H,30,31). The highest BCUT2D eigenvalue weighted by molar-refractivity contribution is 5.97. The minimum Gasteiger partial charge on any atom is -0.496 e. The molecule has 3 N–H and O–H groups in total. The maximum Gasteiger partial charge on any atom is 0.407 e. The van der Waals surface area contributed by atoms with E-state index in [0.717, 1.165) is 12.8 Å². The van der Waals surface area contributed by atoms with Crippen LogP contribution in [0.15, 0.2) is 67.0 Å². The van der Waals surface area contributed by atoms with E-state index in [4.69, 9.17) is 9.47 Å². The molecule has 1 aliphatic carbocycles. The summed E-state index contributed by atoms with van der Waals surface area (Å²) < 4.78 is 11.0. The van der Waals surface area contributed by atoms with E-state index in [0.29, 0.717) is 43.1 Å². The Hall–Kier alpha value is -3.81. The molecule has 1 heterocycles. The van der Waals surface area contributed by atoms with Gasteiger partial charge in [0.05, 0.1) is 19.2 Å². The Kier molecular flexibility index (Phi) is 7.47. The molecule has 0 aliphatic heterocycles. The smallest absolute Gasteiger partial charge is 0.407 e. The summed E-state index contributed by atoms with van der Waals surface area (Å²) in [5.41, 5.74) is 1.46. The number of benzene rings is 2. The van der Waals surface area contributed by atoms with Crippen LogP contribution in [-0.2, 0) is 16.7 Å². The summed E-state index contributed by atoms with van der Waals surface area (Å²) in [7, 11) is 1.56. The second-order valence-corrected chi connectivity index (χ2v) is 8.52. The molecule has 0 bridgehead atoms. The SMILES string of the molecule is COc1ccccc1C(=O)NCC1(c2ccccc2)CCC(OC(=O)NCc2ncc[nH]2)CC1. The van der Waals surface area contributed by atoms with Gasteiger partial charge in [0.25, 0.3) is 5.91 Å². The minimum absolute atomic E-state index is 0.163. The Morgan fingerprint density at radius 2 is 1.79 bits per heavy atom. The summed E-state index contributed by atoms with van der Waals surface area (Å²) in [6.07, 6.45) is 5.75. The zero-order valence-corrected chi connectivity index (χ0v) is 19.3. The summed E-state index contributed by atoms with van der Waals surface area (Å²) >= 11 is 0. The summed E-state index contributed by atoms with van der Waals surface area (Å²) in [6, 6.07) is 17.4. The van der Waals surface area contributed by atoms with Crippen molar-refractivity contribution in [2.75, 3.05) is 13.7 Å². The first kappa shape index (κ1) is 23.4. The lowest BCUT2D eigenvalue weighted by Crippen LogP contribution is -2.45. The van der Waals surface area contributed by atoms with Gasteiger partial charge in [0.15, 0.2) is 0 Å². The quantitative estimate of drug-likeness (QED) is 0.470. The van der Waals surface area contributed by atoms with Crippen molar-refractivity contribution in [3.8, 4) is 5.75 Å². The normalized spacial score (nSPS) is 19.7. The molecule has 0 unspecified atom stereocenters. The van der Waals surface area contributed by atoms with Crippen LogP contribution in [0, 0.1) is 0 Å². The molecule has 0 radical (unpaired) electrons. The van der Waals surface area contributed by atoms with Gasteiger partial charge in [0.1, 0.15) is 17.7 Å². The summed E-state index contributed by atoms with van der Waals surface area (Å²) in [5, 5.41) is 5.85. The average molecular weight is 463 g/mol. The highest BCUT2D eigenvalue weighted by Crippen LogP contribution is 2.40. The lowest BCUT2D eigenvalue weighted by molar-refractivity contribution is 0.0561. The fourth-order valence-corrected chi connectivity index (χ4v) is 4.54. The van der Waals surface area contributed by atoms with Gasteiger partial charge in [-0.2, -0.15) is 0 Å². The molecule has 8 heteroatoms. The molecular weight excluding hydrogens is 432 g/mol. The van der Waals surface area contributed by atoms with Crippen molar-refractivity contribution in [3.63, 3.8) is 0 Å². The number of nitrogens with zero attached hydrogens (tertiary/aromatic N) is 1. The number of para-hydroxylation sites is 1. The van der Waals surface area contributed by atoms with Crippen LogP contribution in [0.4, 0.5) is 4.79 Å². The number of aromatic nitrogens is 2. The maximum atomic E-state index is 12.9. The molecule has 4 rings (SSSR count). The van der Waals surface area contributed by atoms with Gasteiger partial charge < -0.3 is 25.1 Å². The van der Waals surface area contributed by atoms with Crippen molar-refractivity contribution in [2.45, 2.75) is 43.7 Å². The molecule has 34 heavy (non-hydrogen) atoms. The first-order valence-electron chi connectivity index (χ1n) is 11.5. The van der Waals surface area contributed by atoms with E-state index < -0.39 is 6.09 Å². The fourth-order valence-electron chi connectivity index (χ4n) is 4.54. The van der Waals surface area contributed by atoms with E-state index in [1.54, 1.807) is 31.6 Å². The van der Waals surface area contributed by atoms with Crippen LogP contribution in [0.25, 0.3) is 0 Å². The zero-order chi connectivity index (χ0) is 23.8. The third-order valence-electron chi connectivity index (χ3n) is 6.44. The Labute approximate surface area is 199 Å². The molecule has 1 fully saturated rings. The Morgan fingerprint density at radius 3 is 2.50 bits per heavy atom. The number of amides is 2. The molecule has 178 valence electrons. The largest absolute Gasteiger partial charge is 0.496 e. The summed E-state index contributed by atoms with van der Waals surface area (Å²) in [4.78, 5) is 32.2. The lowest BCUT2D eigenvalue weighted by Gasteiger charge is -2.40. The molecular formula is C26H30N4O4. The van der Waals surface area contributed by atoms with Crippen molar-refractivity contribution in [2.24, 2.45) is 0 Å². The Bertz CT molecular complexity index is 1080. The predicted molar refractivity (Wildman–Crippen MR) is 128 cm³/mol. The monoisotopic (exact) mass is 462 g/mol. The van der Waals surface area contributed by atoms with Crippen molar-refractivity contribution in [1.29, 1.82) is 0 Å². The van der Waals surface area contributed by atoms with Crippen LogP contribution in [0.1, 0.15) is 47.4 Å². The third-order valence-corrected chi connectivity index (χ3v) is 6.44. The number of carbonyl (C=O) groups is 2. The Morgan fingerprint density at radius 1 is 1.06 bits per heavy atom. The fraction of sp³-hybridized carbons (Fsp3) is 0.346. The molecule has 1 saturated carbocycles. The topological polar surface area (TPSA) is 105 Å². The minimum atomic E-state index is -0.446. The number of aromatic amines is 1. The molecule has 0 atom stereocenters. The number of methoxy groups -OCH3 is 1. The lowest BCUT2D eigenvalue weighted by atomic mass is 9.68. The molecule has 2 aromatic carbocycles. The number of carbonyl (C=O) groups excluding carboxylic acids is 2. The molecule has 0 saturated heterocycles.